The molecule has 1 aliphatic carbocycles. The van der Waals surface area contributed by atoms with Crippen LogP contribution >= 0.6 is 0 Å². The molecule has 2 unspecified atom stereocenters. The number of aliphatic hydroxyl groups is 1. The molecule has 1 aromatic heterocycles. The summed E-state index contributed by atoms with van der Waals surface area (Å²) in [6, 6.07) is 9.07. The fourth-order valence-electron chi connectivity index (χ4n) is 5.47. The van der Waals surface area contributed by atoms with Crippen LogP contribution in [0.2, 0.25) is 0 Å². The number of amides is 1. The Kier molecular flexibility index (Phi) is 7.06. The number of nitrogens with zero attached hydrogens (tertiary/aromatic N) is 3. The molecule has 3 fully saturated rings. The van der Waals surface area contributed by atoms with E-state index in [1.807, 2.05) is 30.3 Å². The first-order chi connectivity index (χ1) is 18.1. The number of anilines is 1. The minimum Gasteiger partial charge on any atom is -0.486 e. The lowest BCUT2D eigenvalue weighted by Crippen LogP contribution is -2.48. The van der Waals surface area contributed by atoms with Gasteiger partial charge in [-0.15, -0.1) is 0 Å². The molecule has 9 heteroatoms. The van der Waals surface area contributed by atoms with Gasteiger partial charge in [0.1, 0.15) is 25.4 Å². The maximum Gasteiger partial charge on any atom is 0.225 e. The summed E-state index contributed by atoms with van der Waals surface area (Å²) in [5.41, 5.74) is 1.76. The number of fused-ring (bicyclic) bond motifs is 1. The zero-order valence-corrected chi connectivity index (χ0v) is 21.2. The van der Waals surface area contributed by atoms with Crippen LogP contribution in [0.25, 0.3) is 0 Å². The third kappa shape index (κ3) is 5.78. The largest absolute Gasteiger partial charge is 0.486 e. The molecule has 0 spiro atoms. The van der Waals surface area contributed by atoms with Crippen LogP contribution in [-0.4, -0.2) is 79.0 Å². The Morgan fingerprint density at radius 1 is 1.08 bits per heavy atom. The second kappa shape index (κ2) is 10.8. The van der Waals surface area contributed by atoms with E-state index >= 15 is 0 Å². The van der Waals surface area contributed by atoms with Crippen LogP contribution in [0.15, 0.2) is 36.5 Å². The van der Waals surface area contributed by atoms with Crippen molar-refractivity contribution in [1.29, 1.82) is 0 Å². The second-order valence-electron chi connectivity index (χ2n) is 10.6. The first-order valence-corrected chi connectivity index (χ1v) is 13.6. The molecule has 2 N–H and O–H groups in total. The lowest BCUT2D eigenvalue weighted by atomic mass is 9.99. The van der Waals surface area contributed by atoms with Gasteiger partial charge in [0, 0.05) is 37.6 Å². The lowest BCUT2D eigenvalue weighted by Gasteiger charge is -2.30. The Morgan fingerprint density at radius 3 is 2.70 bits per heavy atom. The minimum atomic E-state index is -0.847. The lowest BCUT2D eigenvalue weighted by molar-refractivity contribution is -0.126. The molecule has 2 saturated heterocycles. The number of carbonyl (C=O) groups excluding carboxylic acids is 1. The Bertz CT molecular complexity index is 1100. The van der Waals surface area contributed by atoms with Crippen LogP contribution < -0.4 is 24.4 Å². The van der Waals surface area contributed by atoms with E-state index in [9.17, 15) is 9.90 Å². The molecule has 9 nitrogen and oxygen atoms in total. The molecule has 2 aromatic rings. The molecule has 3 atom stereocenters. The second-order valence-corrected chi connectivity index (χ2v) is 10.6. The van der Waals surface area contributed by atoms with E-state index in [1.165, 1.54) is 0 Å². The normalized spacial score (nSPS) is 23.1. The molecule has 4 aliphatic rings. The van der Waals surface area contributed by atoms with Crippen molar-refractivity contribution in [3.05, 3.63) is 42.1 Å². The van der Waals surface area contributed by atoms with Crippen molar-refractivity contribution in [2.75, 3.05) is 50.8 Å². The number of hydrogen-bond donors (Lipinski definition) is 2. The van der Waals surface area contributed by atoms with Crippen molar-refractivity contribution in [3.8, 4) is 17.4 Å². The van der Waals surface area contributed by atoms with E-state index in [0.29, 0.717) is 49.8 Å². The number of ether oxygens (including phenoxy) is 3. The maximum absolute atomic E-state index is 13.4. The molecule has 1 amide bonds. The van der Waals surface area contributed by atoms with E-state index in [-0.39, 0.29) is 11.8 Å². The van der Waals surface area contributed by atoms with E-state index in [1.54, 1.807) is 6.20 Å². The molecule has 0 bridgehead atoms. The van der Waals surface area contributed by atoms with Gasteiger partial charge in [-0.3, -0.25) is 4.79 Å². The highest BCUT2D eigenvalue weighted by Gasteiger charge is 2.33. The van der Waals surface area contributed by atoms with Gasteiger partial charge in [0.25, 0.3) is 0 Å². The maximum atomic E-state index is 13.4. The summed E-state index contributed by atoms with van der Waals surface area (Å²) >= 11 is 0. The summed E-state index contributed by atoms with van der Waals surface area (Å²) in [5.74, 6) is 1.83. The topological polar surface area (TPSA) is 96.4 Å². The molecule has 6 rings (SSSR count). The van der Waals surface area contributed by atoms with E-state index in [4.69, 9.17) is 14.2 Å². The number of benzene rings is 1. The van der Waals surface area contributed by atoms with Crippen molar-refractivity contribution in [2.24, 2.45) is 5.92 Å². The summed E-state index contributed by atoms with van der Waals surface area (Å²) in [6.45, 7) is 5.04. The van der Waals surface area contributed by atoms with Gasteiger partial charge in [-0.1, -0.05) is 6.07 Å². The number of aromatic nitrogens is 1. The summed E-state index contributed by atoms with van der Waals surface area (Å²) in [7, 11) is 0. The van der Waals surface area contributed by atoms with Gasteiger partial charge in [0.15, 0.2) is 11.5 Å². The van der Waals surface area contributed by atoms with E-state index in [2.05, 4.69) is 20.1 Å². The molecule has 4 heterocycles. The Labute approximate surface area is 217 Å². The van der Waals surface area contributed by atoms with E-state index in [0.717, 1.165) is 63.0 Å². The monoisotopic (exact) mass is 508 g/mol. The number of carbonyl (C=O) groups is 1. The van der Waals surface area contributed by atoms with Crippen molar-refractivity contribution >= 4 is 11.6 Å². The van der Waals surface area contributed by atoms with Crippen LogP contribution in [0.1, 0.15) is 43.8 Å². The summed E-state index contributed by atoms with van der Waals surface area (Å²) < 4.78 is 17.2. The van der Waals surface area contributed by atoms with Gasteiger partial charge in [0.2, 0.25) is 11.8 Å². The van der Waals surface area contributed by atoms with Crippen LogP contribution in [0.5, 0.6) is 17.4 Å². The molecule has 198 valence electrons. The first-order valence-electron chi connectivity index (χ1n) is 13.6. The van der Waals surface area contributed by atoms with Crippen molar-refractivity contribution in [2.45, 2.75) is 50.4 Å². The average molecular weight is 509 g/mol. The summed E-state index contributed by atoms with van der Waals surface area (Å²) in [5, 5.41) is 14.6. The van der Waals surface area contributed by atoms with Crippen molar-refractivity contribution < 1.29 is 24.1 Å². The SMILES string of the molecule is O=C(NC(CN1CCCC1)C(O)c1ccc2c(c1)OCCO2)[C@@H]1CCN(c2ccnc(OC3CC3)c2)C1. The number of likely N-dealkylation sites (tertiary alicyclic amines) is 1. The van der Waals surface area contributed by atoms with Gasteiger partial charge >= 0.3 is 0 Å². The quantitative estimate of drug-likeness (QED) is 0.534. The zero-order valence-electron chi connectivity index (χ0n) is 21.2. The number of pyridine rings is 1. The number of nitrogens with one attached hydrogen (secondary N) is 1. The molecule has 37 heavy (non-hydrogen) atoms. The standard InChI is InChI=1S/C28H36N4O5/c33-27(19-3-6-24-25(15-19)36-14-13-35-24)23(18-31-10-1-2-11-31)30-28(34)20-8-12-32(17-20)21-7-9-29-26(16-21)37-22-4-5-22/h3,6-7,9,15-16,20,22-23,27,33H,1-2,4-5,8,10-14,17-18H2,(H,30,34)/t20-,23?,27?/m1/s1. The Balaban J connectivity index is 1.12. The number of rotatable bonds is 9. The number of aliphatic hydroxyl groups excluding tert-OH is 1. The van der Waals surface area contributed by atoms with Crippen LogP contribution in [0, 0.1) is 5.92 Å². The third-order valence-electron chi connectivity index (χ3n) is 7.72. The van der Waals surface area contributed by atoms with Gasteiger partial charge in [-0.2, -0.15) is 0 Å². The fraction of sp³-hybridized carbons (Fsp3) is 0.571. The van der Waals surface area contributed by atoms with Gasteiger partial charge in [-0.25, -0.2) is 4.98 Å². The highest BCUT2D eigenvalue weighted by atomic mass is 16.6. The third-order valence-corrected chi connectivity index (χ3v) is 7.72. The minimum absolute atomic E-state index is 0.00759. The van der Waals surface area contributed by atoms with Crippen molar-refractivity contribution in [3.63, 3.8) is 0 Å². The number of hydrogen-bond acceptors (Lipinski definition) is 8. The van der Waals surface area contributed by atoms with Gasteiger partial charge < -0.3 is 34.4 Å². The smallest absolute Gasteiger partial charge is 0.225 e. The molecular formula is C28H36N4O5. The van der Waals surface area contributed by atoms with Gasteiger partial charge in [0.05, 0.1) is 12.0 Å². The zero-order chi connectivity index (χ0) is 25.2. The molecule has 3 aliphatic heterocycles. The predicted octanol–water partition coefficient (Wildman–Crippen LogP) is 2.53. The van der Waals surface area contributed by atoms with Gasteiger partial charge in [-0.05, 0) is 69.0 Å². The van der Waals surface area contributed by atoms with Crippen LogP contribution in [0.4, 0.5) is 5.69 Å². The Morgan fingerprint density at radius 2 is 1.89 bits per heavy atom. The first kappa shape index (κ1) is 24.3. The van der Waals surface area contributed by atoms with Crippen LogP contribution in [0.3, 0.4) is 0 Å². The summed E-state index contributed by atoms with van der Waals surface area (Å²) in [6.07, 6.45) is 6.48. The molecule has 1 aromatic carbocycles. The summed E-state index contributed by atoms with van der Waals surface area (Å²) in [4.78, 5) is 22.3. The van der Waals surface area contributed by atoms with E-state index < -0.39 is 12.1 Å². The molecular weight excluding hydrogens is 472 g/mol. The molecule has 0 radical (unpaired) electrons. The highest BCUT2D eigenvalue weighted by molar-refractivity contribution is 5.80. The average Bonchev–Trinajstić information content (AvgIpc) is 3.37. The van der Waals surface area contributed by atoms with Crippen molar-refractivity contribution in [1.82, 2.24) is 15.2 Å². The highest BCUT2D eigenvalue weighted by Crippen LogP contribution is 2.34. The Hall–Kier alpha value is -3.04. The molecule has 1 saturated carbocycles. The predicted molar refractivity (Wildman–Crippen MR) is 138 cm³/mol. The van der Waals surface area contributed by atoms with Crippen LogP contribution in [-0.2, 0) is 4.79 Å². The fourth-order valence-corrected chi connectivity index (χ4v) is 5.47.